The van der Waals surface area contributed by atoms with Gasteiger partial charge in [0.05, 0.1) is 23.1 Å². The topological polar surface area (TPSA) is 90.9 Å². The highest BCUT2D eigenvalue weighted by molar-refractivity contribution is 7.18. The monoisotopic (exact) mass is 437 g/mol. The number of carbonyl (C=O) groups is 1. The second-order valence-electron chi connectivity index (χ2n) is 7.26. The van der Waals surface area contributed by atoms with Crippen LogP contribution >= 0.6 is 11.3 Å². The summed E-state index contributed by atoms with van der Waals surface area (Å²) in [6.45, 7) is 4.00. The number of fused-ring (bicyclic) bond motifs is 1. The minimum absolute atomic E-state index is 0.0526. The van der Waals surface area contributed by atoms with Crippen LogP contribution in [0.15, 0.2) is 52.3 Å². The first kappa shape index (κ1) is 20.8. The fourth-order valence-corrected chi connectivity index (χ4v) is 4.40. The molecule has 0 aliphatic carbocycles. The number of nitrogens with zero attached hydrogens (tertiary/aromatic N) is 4. The summed E-state index contributed by atoms with van der Waals surface area (Å²) < 4.78 is 4.65. The van der Waals surface area contributed by atoms with Crippen LogP contribution < -0.4 is 16.4 Å². The molecule has 1 N–H and O–H groups in total. The van der Waals surface area contributed by atoms with E-state index in [9.17, 15) is 14.4 Å². The molecule has 0 spiro atoms. The van der Waals surface area contributed by atoms with Crippen LogP contribution in [0.2, 0.25) is 0 Å². The van der Waals surface area contributed by atoms with Crippen LogP contribution in [0, 0.1) is 6.92 Å². The highest BCUT2D eigenvalue weighted by atomic mass is 32.1. The van der Waals surface area contributed by atoms with Gasteiger partial charge in [0.2, 0.25) is 5.91 Å². The van der Waals surface area contributed by atoms with Crippen molar-refractivity contribution in [1.82, 2.24) is 18.9 Å². The van der Waals surface area contributed by atoms with Crippen molar-refractivity contribution in [3.63, 3.8) is 0 Å². The van der Waals surface area contributed by atoms with Gasteiger partial charge < -0.3 is 5.32 Å². The first-order chi connectivity index (χ1) is 14.9. The van der Waals surface area contributed by atoms with E-state index in [2.05, 4.69) is 10.3 Å². The molecule has 8 nitrogen and oxygen atoms in total. The molecule has 0 bridgehead atoms. The smallest absolute Gasteiger partial charge is 0.295 e. The fourth-order valence-electron chi connectivity index (χ4n) is 3.48. The van der Waals surface area contributed by atoms with Gasteiger partial charge in [0.1, 0.15) is 10.5 Å². The van der Waals surface area contributed by atoms with E-state index in [1.54, 1.807) is 18.7 Å². The predicted molar refractivity (Wildman–Crippen MR) is 122 cm³/mol. The summed E-state index contributed by atoms with van der Waals surface area (Å²) in [5, 5.41) is 3.30. The lowest BCUT2D eigenvalue weighted by Gasteiger charge is -2.07. The van der Waals surface area contributed by atoms with E-state index in [4.69, 9.17) is 0 Å². The number of benzene rings is 1. The number of nitrogens with one attached hydrogen (secondary N) is 1. The summed E-state index contributed by atoms with van der Waals surface area (Å²) >= 11 is 1.51. The van der Waals surface area contributed by atoms with Crippen LogP contribution in [0.4, 0.5) is 5.69 Å². The molecule has 160 valence electrons. The van der Waals surface area contributed by atoms with Crippen LogP contribution in [0.5, 0.6) is 0 Å². The highest BCUT2D eigenvalue weighted by Gasteiger charge is 2.18. The molecule has 0 fully saturated rings. The number of para-hydroxylation sites is 1. The van der Waals surface area contributed by atoms with E-state index >= 15 is 0 Å². The predicted octanol–water partition coefficient (Wildman–Crippen LogP) is 2.85. The molecule has 4 rings (SSSR count). The molecule has 0 saturated heterocycles. The number of hydrogen-bond acceptors (Lipinski definition) is 5. The maximum Gasteiger partial charge on any atom is 0.295 e. The summed E-state index contributed by atoms with van der Waals surface area (Å²) in [6, 6.07) is 11.1. The first-order valence-corrected chi connectivity index (χ1v) is 10.8. The maximum atomic E-state index is 12.9. The molecule has 3 aromatic heterocycles. The van der Waals surface area contributed by atoms with Crippen molar-refractivity contribution >= 4 is 33.1 Å². The van der Waals surface area contributed by atoms with E-state index in [1.165, 1.54) is 26.9 Å². The molecule has 3 heterocycles. The fraction of sp³-hybridized carbons (Fsp3) is 0.273. The van der Waals surface area contributed by atoms with Crippen molar-refractivity contribution in [1.29, 1.82) is 0 Å². The second kappa shape index (κ2) is 8.35. The Morgan fingerprint density at radius 1 is 1.16 bits per heavy atom. The van der Waals surface area contributed by atoms with Crippen LogP contribution in [-0.2, 0) is 24.8 Å². The number of aryl methyl sites for hydroxylation is 2. The SMILES string of the molecule is CCc1cc2c(=O)n(CCC(=O)Nc3c(C)n(C)n(-c4ccccc4)c3=O)cnc2s1. The minimum atomic E-state index is -0.336. The van der Waals surface area contributed by atoms with E-state index in [0.717, 1.165) is 11.3 Å². The zero-order valence-corrected chi connectivity index (χ0v) is 18.4. The Morgan fingerprint density at radius 2 is 1.90 bits per heavy atom. The first-order valence-electron chi connectivity index (χ1n) is 10.0. The lowest BCUT2D eigenvalue weighted by molar-refractivity contribution is -0.116. The maximum absolute atomic E-state index is 12.9. The van der Waals surface area contributed by atoms with Gasteiger partial charge in [-0.05, 0) is 31.5 Å². The van der Waals surface area contributed by atoms with Crippen molar-refractivity contribution in [2.75, 3.05) is 5.32 Å². The number of hydrogen-bond donors (Lipinski definition) is 1. The van der Waals surface area contributed by atoms with Gasteiger partial charge in [-0.25, -0.2) is 9.67 Å². The van der Waals surface area contributed by atoms with E-state index in [-0.39, 0.29) is 35.7 Å². The van der Waals surface area contributed by atoms with Gasteiger partial charge in [0, 0.05) is 24.9 Å². The van der Waals surface area contributed by atoms with E-state index < -0.39 is 0 Å². The average Bonchev–Trinajstić information content (AvgIpc) is 3.29. The molecule has 9 heteroatoms. The van der Waals surface area contributed by atoms with Gasteiger partial charge in [-0.1, -0.05) is 25.1 Å². The number of amides is 1. The van der Waals surface area contributed by atoms with Gasteiger partial charge in [-0.2, -0.15) is 0 Å². The summed E-state index contributed by atoms with van der Waals surface area (Å²) in [6.07, 6.45) is 2.38. The molecule has 1 aromatic carbocycles. The minimum Gasteiger partial charge on any atom is -0.320 e. The standard InChI is InChI=1S/C22H23N5O3S/c1-4-16-12-17-20(31-16)23-13-26(21(17)29)11-10-18(28)24-19-14(2)25(3)27(22(19)30)15-8-6-5-7-9-15/h5-9,12-13H,4,10-11H2,1-3H3,(H,24,28). The molecule has 0 unspecified atom stereocenters. The molecule has 0 atom stereocenters. The van der Waals surface area contributed by atoms with Crippen LogP contribution in [0.25, 0.3) is 15.9 Å². The number of rotatable bonds is 6. The number of anilines is 1. The Morgan fingerprint density at radius 3 is 2.61 bits per heavy atom. The third-order valence-corrected chi connectivity index (χ3v) is 6.50. The summed E-state index contributed by atoms with van der Waals surface area (Å²) in [4.78, 5) is 44.3. The number of aromatic nitrogens is 4. The molecule has 0 radical (unpaired) electrons. The number of carbonyl (C=O) groups excluding carboxylic acids is 1. The Hall–Kier alpha value is -3.46. The van der Waals surface area contributed by atoms with Crippen molar-refractivity contribution in [2.45, 2.75) is 33.2 Å². The zero-order valence-electron chi connectivity index (χ0n) is 17.6. The normalized spacial score (nSPS) is 11.2. The molecule has 0 saturated carbocycles. The molecule has 4 aromatic rings. The Labute approximate surface area is 182 Å². The van der Waals surface area contributed by atoms with Crippen molar-refractivity contribution < 1.29 is 4.79 Å². The quantitative estimate of drug-likeness (QED) is 0.502. The van der Waals surface area contributed by atoms with Crippen LogP contribution in [0.1, 0.15) is 23.9 Å². The Kier molecular flexibility index (Phi) is 5.60. The molecule has 31 heavy (non-hydrogen) atoms. The molecule has 1 amide bonds. The largest absolute Gasteiger partial charge is 0.320 e. The Bertz CT molecular complexity index is 1380. The number of thiophene rings is 1. The summed E-state index contributed by atoms with van der Waals surface area (Å²) in [5.74, 6) is -0.336. The van der Waals surface area contributed by atoms with Gasteiger partial charge >= 0.3 is 0 Å². The van der Waals surface area contributed by atoms with Crippen LogP contribution in [-0.4, -0.2) is 24.8 Å². The van der Waals surface area contributed by atoms with Crippen molar-refractivity contribution in [3.05, 3.63) is 74.0 Å². The third-order valence-electron chi connectivity index (χ3n) is 5.32. The average molecular weight is 438 g/mol. The summed E-state index contributed by atoms with van der Waals surface area (Å²) in [7, 11) is 1.77. The zero-order chi connectivity index (χ0) is 22.1. The third kappa shape index (κ3) is 3.84. The lowest BCUT2D eigenvalue weighted by Crippen LogP contribution is -2.25. The van der Waals surface area contributed by atoms with Crippen molar-refractivity contribution in [2.24, 2.45) is 7.05 Å². The van der Waals surface area contributed by atoms with Crippen molar-refractivity contribution in [3.8, 4) is 5.69 Å². The van der Waals surface area contributed by atoms with Gasteiger partial charge in [0.25, 0.3) is 11.1 Å². The lowest BCUT2D eigenvalue weighted by atomic mass is 10.3. The van der Waals surface area contributed by atoms with Gasteiger partial charge in [0.15, 0.2) is 0 Å². The van der Waals surface area contributed by atoms with Gasteiger partial charge in [-0.15, -0.1) is 11.3 Å². The molecule has 0 aliphatic heterocycles. The second-order valence-corrected chi connectivity index (χ2v) is 8.38. The van der Waals surface area contributed by atoms with E-state index in [0.29, 0.717) is 21.6 Å². The van der Waals surface area contributed by atoms with Gasteiger partial charge in [-0.3, -0.25) is 23.6 Å². The van der Waals surface area contributed by atoms with Crippen LogP contribution in [0.3, 0.4) is 0 Å². The van der Waals surface area contributed by atoms with E-state index in [1.807, 2.05) is 43.3 Å². The summed E-state index contributed by atoms with van der Waals surface area (Å²) in [5.41, 5.74) is 1.14. The highest BCUT2D eigenvalue weighted by Crippen LogP contribution is 2.21. The molecular formula is C22H23N5O3S. The Balaban J connectivity index is 1.53. The molecular weight excluding hydrogens is 414 g/mol. The molecule has 0 aliphatic rings.